The van der Waals surface area contributed by atoms with Crippen molar-refractivity contribution in [3.8, 4) is 0 Å². The van der Waals surface area contributed by atoms with Gasteiger partial charge in [0.15, 0.2) is 5.78 Å². The predicted molar refractivity (Wildman–Crippen MR) is 78.1 cm³/mol. The molecule has 0 saturated carbocycles. The number of halogens is 1. The summed E-state index contributed by atoms with van der Waals surface area (Å²) in [5.74, 6) is 0.291. The molecule has 1 heterocycles. The Bertz CT molecular complexity index is 467. The molecule has 1 aromatic carbocycles. The minimum Gasteiger partial charge on any atom is -0.343 e. The number of ketones is 1. The van der Waals surface area contributed by atoms with Gasteiger partial charge >= 0.3 is 0 Å². The highest BCUT2D eigenvalue weighted by Crippen LogP contribution is 2.19. The number of Topliss-reactive ketones (excluding diaryl/α,β-unsaturated/α-hetero) is 1. The quantitative estimate of drug-likeness (QED) is 0.778. The highest BCUT2D eigenvalue weighted by atomic mass is 79.9. The van der Waals surface area contributed by atoms with Crippen LogP contribution in [0.15, 0.2) is 28.7 Å². The summed E-state index contributed by atoms with van der Waals surface area (Å²) in [7, 11) is 0. The second-order valence-corrected chi connectivity index (χ2v) is 5.70. The molecule has 2 rings (SSSR count). The van der Waals surface area contributed by atoms with Gasteiger partial charge in [-0.2, -0.15) is 0 Å². The molecular weight excluding hydrogens is 306 g/mol. The van der Waals surface area contributed by atoms with Crippen LogP contribution in [0.5, 0.6) is 0 Å². The van der Waals surface area contributed by atoms with Crippen LogP contribution in [-0.4, -0.2) is 29.7 Å². The van der Waals surface area contributed by atoms with E-state index in [1.54, 1.807) is 0 Å². The van der Waals surface area contributed by atoms with Crippen molar-refractivity contribution in [2.75, 3.05) is 13.1 Å². The summed E-state index contributed by atoms with van der Waals surface area (Å²) in [6.45, 7) is 1.77. The summed E-state index contributed by atoms with van der Waals surface area (Å²) in [4.78, 5) is 25.8. The molecule has 0 aromatic heterocycles. The summed E-state index contributed by atoms with van der Waals surface area (Å²) >= 11 is 3.38. The van der Waals surface area contributed by atoms with Crippen molar-refractivity contribution in [3.05, 3.63) is 34.3 Å². The van der Waals surface area contributed by atoms with Gasteiger partial charge in [-0.3, -0.25) is 9.59 Å². The zero-order valence-electron chi connectivity index (χ0n) is 10.9. The van der Waals surface area contributed by atoms with Gasteiger partial charge in [-0.05, 0) is 25.3 Å². The molecule has 102 valence electrons. The van der Waals surface area contributed by atoms with Gasteiger partial charge in [0.25, 0.3) is 0 Å². The van der Waals surface area contributed by atoms with Crippen molar-refractivity contribution in [2.45, 2.75) is 32.1 Å². The monoisotopic (exact) mass is 323 g/mol. The number of rotatable bonds is 5. The lowest BCUT2D eigenvalue weighted by molar-refractivity contribution is -0.130. The van der Waals surface area contributed by atoms with Crippen molar-refractivity contribution in [2.24, 2.45) is 0 Å². The second kappa shape index (κ2) is 6.85. The fourth-order valence-corrected chi connectivity index (χ4v) is 2.85. The lowest BCUT2D eigenvalue weighted by Gasteiger charge is -2.14. The van der Waals surface area contributed by atoms with Crippen LogP contribution in [0.25, 0.3) is 0 Å². The van der Waals surface area contributed by atoms with E-state index in [0.717, 1.165) is 30.4 Å². The Morgan fingerprint density at radius 2 is 1.79 bits per heavy atom. The summed E-state index contributed by atoms with van der Waals surface area (Å²) in [6, 6.07) is 7.42. The molecule has 0 aliphatic carbocycles. The number of carbonyl (C=O) groups excluding carboxylic acids is 2. The van der Waals surface area contributed by atoms with Gasteiger partial charge in [0, 0.05) is 36.0 Å². The predicted octanol–water partition coefficient (Wildman–Crippen LogP) is 3.42. The van der Waals surface area contributed by atoms with Crippen LogP contribution in [-0.2, 0) is 4.79 Å². The number of amides is 1. The number of nitrogens with zero attached hydrogens (tertiary/aromatic N) is 1. The molecule has 19 heavy (non-hydrogen) atoms. The maximum atomic E-state index is 12.0. The van der Waals surface area contributed by atoms with Crippen molar-refractivity contribution in [1.82, 2.24) is 4.90 Å². The first-order chi connectivity index (χ1) is 9.18. The summed E-state index contributed by atoms with van der Waals surface area (Å²) < 4.78 is 0.825. The van der Waals surface area contributed by atoms with Crippen LogP contribution in [0.2, 0.25) is 0 Å². The third kappa shape index (κ3) is 3.90. The Labute approximate surface area is 122 Å². The van der Waals surface area contributed by atoms with Gasteiger partial charge in [0.2, 0.25) is 5.91 Å². The minimum absolute atomic E-state index is 0.0988. The molecule has 1 aliphatic heterocycles. The number of hydrogen-bond donors (Lipinski definition) is 0. The molecule has 0 unspecified atom stereocenters. The zero-order chi connectivity index (χ0) is 13.7. The van der Waals surface area contributed by atoms with E-state index in [4.69, 9.17) is 0 Å². The Hall–Kier alpha value is -1.16. The van der Waals surface area contributed by atoms with Crippen LogP contribution < -0.4 is 0 Å². The Morgan fingerprint density at radius 1 is 1.11 bits per heavy atom. The third-order valence-corrected chi connectivity index (χ3v) is 4.12. The molecule has 1 amide bonds. The van der Waals surface area contributed by atoms with E-state index in [1.807, 2.05) is 29.2 Å². The molecule has 1 saturated heterocycles. The SMILES string of the molecule is O=C(CCCC(=O)N1CCCC1)c1ccccc1Br. The third-order valence-electron chi connectivity index (χ3n) is 3.43. The van der Waals surface area contributed by atoms with E-state index in [2.05, 4.69) is 15.9 Å². The Morgan fingerprint density at radius 3 is 2.47 bits per heavy atom. The first-order valence-electron chi connectivity index (χ1n) is 6.74. The number of hydrogen-bond acceptors (Lipinski definition) is 2. The molecule has 1 aromatic rings. The van der Waals surface area contributed by atoms with Gasteiger partial charge in [-0.15, -0.1) is 0 Å². The van der Waals surface area contributed by atoms with Gasteiger partial charge in [0.1, 0.15) is 0 Å². The minimum atomic E-state index is 0.0988. The largest absolute Gasteiger partial charge is 0.343 e. The highest BCUT2D eigenvalue weighted by molar-refractivity contribution is 9.10. The standard InChI is InChI=1S/C15H18BrNO2/c16-13-7-2-1-6-12(13)14(18)8-5-9-15(19)17-10-3-4-11-17/h1-2,6-7H,3-5,8-11H2. The Balaban J connectivity index is 1.78. The van der Waals surface area contributed by atoms with Crippen LogP contribution in [0.3, 0.4) is 0 Å². The van der Waals surface area contributed by atoms with E-state index in [-0.39, 0.29) is 11.7 Å². The normalized spacial score (nSPS) is 14.7. The second-order valence-electron chi connectivity index (χ2n) is 4.84. The lowest BCUT2D eigenvalue weighted by Crippen LogP contribution is -2.27. The van der Waals surface area contributed by atoms with E-state index in [0.29, 0.717) is 24.8 Å². The topological polar surface area (TPSA) is 37.4 Å². The first kappa shape index (κ1) is 14.3. The van der Waals surface area contributed by atoms with E-state index >= 15 is 0 Å². The molecule has 1 fully saturated rings. The maximum absolute atomic E-state index is 12.0. The van der Waals surface area contributed by atoms with Gasteiger partial charge in [-0.25, -0.2) is 0 Å². The van der Waals surface area contributed by atoms with Crippen molar-refractivity contribution in [3.63, 3.8) is 0 Å². The van der Waals surface area contributed by atoms with E-state index < -0.39 is 0 Å². The van der Waals surface area contributed by atoms with Gasteiger partial charge in [-0.1, -0.05) is 34.1 Å². The van der Waals surface area contributed by atoms with Crippen LogP contribution in [0, 0.1) is 0 Å². The molecule has 0 N–H and O–H groups in total. The molecule has 0 radical (unpaired) electrons. The summed E-state index contributed by atoms with van der Waals surface area (Å²) in [6.07, 6.45) is 3.77. The highest BCUT2D eigenvalue weighted by Gasteiger charge is 2.18. The summed E-state index contributed by atoms with van der Waals surface area (Å²) in [5.41, 5.74) is 0.705. The fraction of sp³-hybridized carbons (Fsp3) is 0.467. The molecule has 4 heteroatoms. The molecule has 0 atom stereocenters. The zero-order valence-corrected chi connectivity index (χ0v) is 12.5. The average Bonchev–Trinajstić information content (AvgIpc) is 2.93. The number of carbonyl (C=O) groups is 2. The van der Waals surface area contributed by atoms with Crippen LogP contribution >= 0.6 is 15.9 Å². The Kier molecular flexibility index (Phi) is 5.14. The summed E-state index contributed by atoms with van der Waals surface area (Å²) in [5, 5.41) is 0. The van der Waals surface area contributed by atoms with Crippen molar-refractivity contribution in [1.29, 1.82) is 0 Å². The van der Waals surface area contributed by atoms with Gasteiger partial charge < -0.3 is 4.90 Å². The van der Waals surface area contributed by atoms with Gasteiger partial charge in [0.05, 0.1) is 0 Å². The molecule has 0 bridgehead atoms. The molecule has 3 nitrogen and oxygen atoms in total. The van der Waals surface area contributed by atoms with Crippen LogP contribution in [0.4, 0.5) is 0 Å². The van der Waals surface area contributed by atoms with Crippen molar-refractivity contribution < 1.29 is 9.59 Å². The smallest absolute Gasteiger partial charge is 0.222 e. The lowest BCUT2D eigenvalue weighted by atomic mass is 10.1. The van der Waals surface area contributed by atoms with E-state index in [9.17, 15) is 9.59 Å². The average molecular weight is 324 g/mol. The maximum Gasteiger partial charge on any atom is 0.222 e. The van der Waals surface area contributed by atoms with Crippen molar-refractivity contribution >= 4 is 27.6 Å². The first-order valence-corrected chi connectivity index (χ1v) is 7.53. The van der Waals surface area contributed by atoms with E-state index in [1.165, 1.54) is 0 Å². The molecule has 1 aliphatic rings. The molecular formula is C15H18BrNO2. The fourth-order valence-electron chi connectivity index (χ4n) is 2.35. The molecule has 0 spiro atoms. The number of benzene rings is 1. The number of likely N-dealkylation sites (tertiary alicyclic amines) is 1. The van der Waals surface area contributed by atoms with Crippen LogP contribution in [0.1, 0.15) is 42.5 Å².